The van der Waals surface area contributed by atoms with Gasteiger partial charge in [0, 0.05) is 33.4 Å². The molecular weight excluding hydrogens is 583 g/mol. The molecule has 38 heavy (non-hydrogen) atoms. The van der Waals surface area contributed by atoms with Crippen LogP contribution in [0.3, 0.4) is 0 Å². The molecular formula is C33H47IN2O2. The Morgan fingerprint density at radius 3 is 2.53 bits per heavy atom. The van der Waals surface area contributed by atoms with Crippen molar-refractivity contribution < 1.29 is 9.94 Å². The zero-order chi connectivity index (χ0) is 27.1. The van der Waals surface area contributed by atoms with E-state index in [1.165, 1.54) is 25.7 Å². The lowest BCUT2D eigenvalue weighted by molar-refractivity contribution is -0.273. The molecule has 1 aromatic rings. The number of pyridine rings is 1. The first-order valence-corrected chi connectivity index (χ1v) is 16.2. The minimum atomic E-state index is -0.356. The summed E-state index contributed by atoms with van der Waals surface area (Å²) in [7, 11) is 0. The monoisotopic (exact) mass is 630 g/mol. The van der Waals surface area contributed by atoms with Gasteiger partial charge in [-0.25, -0.2) is 10.0 Å². The number of allylic oxidation sites excluding steroid dienone is 2. The lowest BCUT2D eigenvalue weighted by Crippen LogP contribution is -2.79. The van der Waals surface area contributed by atoms with E-state index < -0.39 is 0 Å². The standard InChI is InChI=1S/C33H47IN2O2/c1-21(2)22(3)7-8-23(4)26-10-11-27-30(26,5)15-14-28-31(6)16-13-25(37)19-32(31)17-18-33(27,28)38-36(32)29-12-9-24(34)20-35-29/h7-9,12,17-18,20-23,25-28,37H,10-11,13-16,19H2,1-6H3/b8-7+/t22-,23+,25-,26+,27+,28?,30+,31+,32+,33-/m0/s1. The molecule has 1 aromatic heterocycles. The quantitative estimate of drug-likeness (QED) is 0.265. The van der Waals surface area contributed by atoms with Crippen LogP contribution in [0.5, 0.6) is 0 Å². The molecule has 0 amide bonds. The minimum absolute atomic E-state index is 0.0432. The molecule has 0 aromatic carbocycles. The van der Waals surface area contributed by atoms with E-state index in [1.54, 1.807) is 0 Å². The van der Waals surface area contributed by atoms with Gasteiger partial charge in [-0.05, 0) is 102 Å². The highest BCUT2D eigenvalue weighted by Gasteiger charge is 2.75. The van der Waals surface area contributed by atoms with Crippen molar-refractivity contribution in [3.05, 3.63) is 46.2 Å². The molecule has 0 radical (unpaired) electrons. The summed E-state index contributed by atoms with van der Waals surface area (Å²) in [6.45, 7) is 14.5. The van der Waals surface area contributed by atoms with Crippen LogP contribution < -0.4 is 5.06 Å². The highest BCUT2D eigenvalue weighted by molar-refractivity contribution is 14.1. The van der Waals surface area contributed by atoms with Crippen molar-refractivity contribution in [2.24, 2.45) is 46.3 Å². The van der Waals surface area contributed by atoms with Crippen molar-refractivity contribution in [2.45, 2.75) is 104 Å². The van der Waals surface area contributed by atoms with E-state index in [9.17, 15) is 5.11 Å². The van der Waals surface area contributed by atoms with E-state index in [0.717, 1.165) is 22.2 Å². The Kier molecular flexibility index (Phi) is 6.67. The van der Waals surface area contributed by atoms with Gasteiger partial charge in [0.15, 0.2) is 5.82 Å². The maximum Gasteiger partial charge on any atom is 0.153 e. The predicted molar refractivity (Wildman–Crippen MR) is 162 cm³/mol. The summed E-state index contributed by atoms with van der Waals surface area (Å²) in [4.78, 5) is 12.2. The van der Waals surface area contributed by atoms with E-state index in [-0.39, 0.29) is 28.1 Å². The van der Waals surface area contributed by atoms with Gasteiger partial charge in [-0.1, -0.05) is 65.8 Å². The van der Waals surface area contributed by atoms with Gasteiger partial charge in [-0.15, -0.1) is 0 Å². The molecule has 2 bridgehead atoms. The van der Waals surface area contributed by atoms with Crippen LogP contribution in [-0.4, -0.2) is 27.3 Å². The van der Waals surface area contributed by atoms with E-state index >= 15 is 0 Å². The number of aliphatic hydroxyl groups is 1. The van der Waals surface area contributed by atoms with Crippen LogP contribution in [0, 0.1) is 49.9 Å². The van der Waals surface area contributed by atoms with Gasteiger partial charge in [0.1, 0.15) is 5.60 Å². The normalized spacial score (nSPS) is 45.2. The van der Waals surface area contributed by atoms with Crippen LogP contribution in [0.15, 0.2) is 42.6 Å². The summed E-state index contributed by atoms with van der Waals surface area (Å²) in [5.41, 5.74) is -0.369. The molecule has 10 atom stereocenters. The first-order chi connectivity index (χ1) is 18.0. The summed E-state index contributed by atoms with van der Waals surface area (Å²) in [5.74, 6) is 4.38. The lowest BCUT2D eigenvalue weighted by atomic mass is 9.41. The molecule has 6 aliphatic rings. The number of hydrogen-bond donors (Lipinski definition) is 1. The SMILES string of the molecule is CC(C)[C@@H](C)/C=C/[C@@H](C)[C@H]1CC[C@@H]2[C@]1(C)CCC1[C@]23C=C[C@]2(C[C@@H](O)CC[C@]12C)N(c1ccc(I)cn1)O3. The maximum atomic E-state index is 10.9. The number of anilines is 1. The molecule has 1 N–H and O–H groups in total. The van der Waals surface area contributed by atoms with Gasteiger partial charge >= 0.3 is 0 Å². The van der Waals surface area contributed by atoms with Gasteiger partial charge in [0.25, 0.3) is 0 Å². The van der Waals surface area contributed by atoms with Crippen molar-refractivity contribution >= 4 is 28.4 Å². The Hall–Kier alpha value is -0.920. The van der Waals surface area contributed by atoms with Gasteiger partial charge < -0.3 is 5.11 Å². The average molecular weight is 631 g/mol. The molecule has 4 aliphatic carbocycles. The molecule has 2 spiro atoms. The van der Waals surface area contributed by atoms with E-state index in [2.05, 4.69) is 106 Å². The molecule has 3 saturated carbocycles. The second kappa shape index (κ2) is 9.30. The van der Waals surface area contributed by atoms with Crippen LogP contribution in [-0.2, 0) is 4.84 Å². The molecule has 2 aliphatic heterocycles. The second-order valence-corrected chi connectivity index (χ2v) is 15.6. The molecule has 4 nitrogen and oxygen atoms in total. The predicted octanol–water partition coefficient (Wildman–Crippen LogP) is 7.96. The van der Waals surface area contributed by atoms with E-state index in [1.807, 2.05) is 6.20 Å². The van der Waals surface area contributed by atoms with E-state index in [4.69, 9.17) is 9.82 Å². The Labute approximate surface area is 243 Å². The zero-order valence-electron chi connectivity index (χ0n) is 24.2. The fourth-order valence-electron chi connectivity index (χ4n) is 9.81. The molecule has 4 fully saturated rings. The molecule has 7 rings (SSSR count). The van der Waals surface area contributed by atoms with Crippen LogP contribution in [0.25, 0.3) is 0 Å². The summed E-state index contributed by atoms with van der Waals surface area (Å²) >= 11 is 2.32. The highest BCUT2D eigenvalue weighted by atomic mass is 127. The second-order valence-electron chi connectivity index (χ2n) is 14.3. The molecule has 1 unspecified atom stereocenters. The fourth-order valence-corrected chi connectivity index (χ4v) is 10.1. The van der Waals surface area contributed by atoms with Crippen LogP contribution in [0.2, 0.25) is 0 Å². The Morgan fingerprint density at radius 1 is 1.03 bits per heavy atom. The van der Waals surface area contributed by atoms with Crippen molar-refractivity contribution in [3.63, 3.8) is 0 Å². The van der Waals surface area contributed by atoms with Crippen LogP contribution >= 0.6 is 22.6 Å². The molecule has 208 valence electrons. The number of halogens is 1. The average Bonchev–Trinajstić information content (AvgIpc) is 3.25. The number of rotatable bonds is 5. The third-order valence-corrected chi connectivity index (χ3v) is 13.0. The van der Waals surface area contributed by atoms with Crippen molar-refractivity contribution in [3.8, 4) is 0 Å². The van der Waals surface area contributed by atoms with Crippen molar-refractivity contribution in [1.82, 2.24) is 4.98 Å². The van der Waals surface area contributed by atoms with Crippen molar-refractivity contribution in [2.75, 3.05) is 5.06 Å². The number of hydrogen-bond acceptors (Lipinski definition) is 4. The molecule has 5 heteroatoms. The third-order valence-electron chi connectivity index (χ3n) is 12.3. The van der Waals surface area contributed by atoms with E-state index in [0.29, 0.717) is 41.9 Å². The number of aliphatic hydroxyl groups excluding tert-OH is 1. The molecule has 1 saturated heterocycles. The Bertz CT molecular complexity index is 1120. The zero-order valence-corrected chi connectivity index (χ0v) is 26.3. The summed E-state index contributed by atoms with van der Waals surface area (Å²) in [5, 5.41) is 13.1. The first-order valence-electron chi connectivity index (χ1n) is 15.1. The van der Waals surface area contributed by atoms with Gasteiger partial charge in [-0.2, -0.15) is 0 Å². The summed E-state index contributed by atoms with van der Waals surface area (Å²) in [6.07, 6.45) is 19.2. The number of hydroxylamine groups is 1. The van der Waals surface area contributed by atoms with Crippen molar-refractivity contribution in [1.29, 1.82) is 0 Å². The largest absolute Gasteiger partial charge is 0.393 e. The highest BCUT2D eigenvalue weighted by Crippen LogP contribution is 2.73. The lowest BCUT2D eigenvalue weighted by Gasteiger charge is -2.73. The van der Waals surface area contributed by atoms with Gasteiger partial charge in [-0.3, -0.25) is 4.84 Å². The summed E-state index contributed by atoms with van der Waals surface area (Å²) in [6, 6.07) is 4.24. The minimum Gasteiger partial charge on any atom is -0.393 e. The van der Waals surface area contributed by atoms with Gasteiger partial charge in [0.2, 0.25) is 0 Å². The first kappa shape index (κ1) is 27.3. The van der Waals surface area contributed by atoms with Crippen LogP contribution in [0.4, 0.5) is 5.82 Å². The van der Waals surface area contributed by atoms with Crippen LogP contribution in [0.1, 0.15) is 86.5 Å². The smallest absolute Gasteiger partial charge is 0.153 e. The third kappa shape index (κ3) is 3.69. The number of nitrogens with zero attached hydrogens (tertiary/aromatic N) is 2. The number of aromatic nitrogens is 1. The Morgan fingerprint density at radius 2 is 1.82 bits per heavy atom. The van der Waals surface area contributed by atoms with Gasteiger partial charge in [0.05, 0.1) is 11.6 Å². The maximum absolute atomic E-state index is 10.9. The topological polar surface area (TPSA) is 45.6 Å². The Balaban J connectivity index is 1.41. The number of fused-ring (bicyclic) bond motifs is 2. The summed E-state index contributed by atoms with van der Waals surface area (Å²) < 4.78 is 1.13. The fraction of sp³-hybridized carbons (Fsp3) is 0.727. The molecule has 3 heterocycles.